The van der Waals surface area contributed by atoms with E-state index in [0.717, 1.165) is 5.56 Å². The van der Waals surface area contributed by atoms with Gasteiger partial charge in [0.15, 0.2) is 0 Å². The SMILES string of the molecule is Cc1nc([N+](=O)[O-])cn1CCC(=O)NCc1ccc(CS(=O)(=O)NC(C)C)cc1. The van der Waals surface area contributed by atoms with Crippen LogP contribution in [0.3, 0.4) is 0 Å². The van der Waals surface area contributed by atoms with E-state index in [1.54, 1.807) is 49.6 Å². The Balaban J connectivity index is 1.82. The summed E-state index contributed by atoms with van der Waals surface area (Å²) in [6, 6.07) is 6.81. The van der Waals surface area contributed by atoms with Crippen LogP contribution in [0.5, 0.6) is 0 Å². The van der Waals surface area contributed by atoms with E-state index >= 15 is 0 Å². The van der Waals surface area contributed by atoms with E-state index in [-0.39, 0.29) is 36.5 Å². The zero-order valence-corrected chi connectivity index (χ0v) is 17.4. The monoisotopic (exact) mass is 423 g/mol. The normalized spacial score (nSPS) is 11.6. The first kappa shape index (κ1) is 22.5. The van der Waals surface area contributed by atoms with Gasteiger partial charge < -0.3 is 20.0 Å². The predicted octanol–water partition coefficient (Wildman–Crippen LogP) is 1.63. The number of aromatic nitrogens is 2. The summed E-state index contributed by atoms with van der Waals surface area (Å²) >= 11 is 0. The first-order valence-corrected chi connectivity index (χ1v) is 10.7. The van der Waals surface area contributed by atoms with Gasteiger partial charge in [-0.15, -0.1) is 0 Å². The molecule has 1 aromatic heterocycles. The van der Waals surface area contributed by atoms with E-state index in [2.05, 4.69) is 15.0 Å². The first-order chi connectivity index (χ1) is 13.6. The highest BCUT2D eigenvalue weighted by Gasteiger charge is 2.16. The average molecular weight is 423 g/mol. The van der Waals surface area contributed by atoms with Gasteiger partial charge in [-0.3, -0.25) is 4.79 Å². The molecule has 1 aromatic carbocycles. The van der Waals surface area contributed by atoms with Crippen molar-refractivity contribution in [3.05, 3.63) is 57.5 Å². The molecule has 0 spiro atoms. The zero-order valence-electron chi connectivity index (χ0n) is 16.6. The second kappa shape index (κ2) is 9.61. The van der Waals surface area contributed by atoms with Crippen molar-refractivity contribution in [2.75, 3.05) is 0 Å². The molecule has 0 radical (unpaired) electrons. The number of amides is 1. The number of carbonyl (C=O) groups excluding carboxylic acids is 1. The van der Waals surface area contributed by atoms with Crippen LogP contribution in [0.1, 0.15) is 37.2 Å². The van der Waals surface area contributed by atoms with Gasteiger partial charge in [0.25, 0.3) is 0 Å². The second-order valence-corrected chi connectivity index (χ2v) is 8.73. The number of nitrogens with one attached hydrogen (secondary N) is 2. The highest BCUT2D eigenvalue weighted by atomic mass is 32.2. The standard InChI is InChI=1S/C18H25N5O5S/c1-13(2)21-29(27,28)12-16-6-4-15(5-7-16)10-19-18(24)8-9-22-11-17(23(25)26)20-14(22)3/h4-7,11,13,21H,8-10,12H2,1-3H3,(H,19,24). The minimum absolute atomic E-state index is 0.103. The molecule has 0 aliphatic rings. The van der Waals surface area contributed by atoms with E-state index in [9.17, 15) is 23.3 Å². The maximum absolute atomic E-state index is 12.0. The molecular weight excluding hydrogens is 398 g/mol. The average Bonchev–Trinajstić information content (AvgIpc) is 2.99. The highest BCUT2D eigenvalue weighted by Crippen LogP contribution is 2.11. The third-order valence-electron chi connectivity index (χ3n) is 4.01. The number of hydrogen-bond donors (Lipinski definition) is 2. The fourth-order valence-corrected chi connectivity index (χ4v) is 4.12. The van der Waals surface area contributed by atoms with Gasteiger partial charge in [0.2, 0.25) is 21.8 Å². The van der Waals surface area contributed by atoms with Crippen molar-refractivity contribution in [2.45, 2.75) is 52.1 Å². The highest BCUT2D eigenvalue weighted by molar-refractivity contribution is 7.88. The summed E-state index contributed by atoms with van der Waals surface area (Å²) < 4.78 is 28.0. The molecule has 0 atom stereocenters. The molecule has 0 saturated heterocycles. The zero-order chi connectivity index (χ0) is 21.6. The smallest absolute Gasteiger partial charge is 0.358 e. The fourth-order valence-electron chi connectivity index (χ4n) is 2.69. The number of imidazole rings is 1. The van der Waals surface area contributed by atoms with Crippen LogP contribution in [0.4, 0.5) is 5.82 Å². The lowest BCUT2D eigenvalue weighted by atomic mass is 10.1. The Morgan fingerprint density at radius 3 is 2.41 bits per heavy atom. The number of aryl methyl sites for hydroxylation is 2. The minimum atomic E-state index is -3.38. The molecule has 11 heteroatoms. The number of rotatable bonds is 10. The Hall–Kier alpha value is -2.79. The summed E-state index contributed by atoms with van der Waals surface area (Å²) in [5.74, 6) is -0.0713. The molecule has 10 nitrogen and oxygen atoms in total. The number of carbonyl (C=O) groups is 1. The number of nitro groups is 1. The summed E-state index contributed by atoms with van der Waals surface area (Å²) in [5.41, 5.74) is 1.50. The molecule has 0 saturated carbocycles. The van der Waals surface area contributed by atoms with Gasteiger partial charge in [0.05, 0.1) is 5.75 Å². The van der Waals surface area contributed by atoms with E-state index < -0.39 is 14.9 Å². The molecule has 0 unspecified atom stereocenters. The van der Waals surface area contributed by atoms with Gasteiger partial charge in [-0.2, -0.15) is 0 Å². The van der Waals surface area contributed by atoms with Crippen molar-refractivity contribution >= 4 is 21.7 Å². The Morgan fingerprint density at radius 1 is 1.24 bits per heavy atom. The minimum Gasteiger partial charge on any atom is -0.358 e. The second-order valence-electron chi connectivity index (χ2n) is 6.97. The van der Waals surface area contributed by atoms with Gasteiger partial charge in [-0.25, -0.2) is 13.1 Å². The van der Waals surface area contributed by atoms with E-state index in [4.69, 9.17) is 0 Å². The number of sulfonamides is 1. The van der Waals surface area contributed by atoms with Crippen molar-refractivity contribution in [3.8, 4) is 0 Å². The number of nitrogens with zero attached hydrogens (tertiary/aromatic N) is 3. The molecule has 1 amide bonds. The molecule has 158 valence electrons. The Morgan fingerprint density at radius 2 is 1.86 bits per heavy atom. The molecule has 0 aliphatic carbocycles. The molecule has 0 fully saturated rings. The number of benzene rings is 1. The maximum Gasteiger partial charge on any atom is 0.381 e. The van der Waals surface area contributed by atoms with E-state index in [0.29, 0.717) is 17.9 Å². The third kappa shape index (κ3) is 7.27. The van der Waals surface area contributed by atoms with Gasteiger partial charge in [0.1, 0.15) is 6.20 Å². The van der Waals surface area contributed by atoms with Crippen molar-refractivity contribution in [1.29, 1.82) is 0 Å². The third-order valence-corrected chi connectivity index (χ3v) is 5.56. The van der Waals surface area contributed by atoms with E-state index in [1.165, 1.54) is 6.20 Å². The Bertz CT molecular complexity index is 967. The lowest BCUT2D eigenvalue weighted by molar-refractivity contribution is -0.389. The van der Waals surface area contributed by atoms with Crippen LogP contribution in [0.15, 0.2) is 30.5 Å². The van der Waals surface area contributed by atoms with Crippen molar-refractivity contribution in [3.63, 3.8) is 0 Å². The molecule has 0 bridgehead atoms. The van der Waals surface area contributed by atoms with Crippen LogP contribution in [-0.2, 0) is 33.7 Å². The van der Waals surface area contributed by atoms with Gasteiger partial charge in [0, 0.05) is 32.5 Å². The van der Waals surface area contributed by atoms with Crippen LogP contribution in [0.25, 0.3) is 0 Å². The Kier molecular flexibility index (Phi) is 7.46. The van der Waals surface area contributed by atoms with Crippen LogP contribution < -0.4 is 10.0 Å². The fraction of sp³-hybridized carbons (Fsp3) is 0.444. The lowest BCUT2D eigenvalue weighted by Gasteiger charge is -2.10. The van der Waals surface area contributed by atoms with Crippen LogP contribution in [0, 0.1) is 17.0 Å². The topological polar surface area (TPSA) is 136 Å². The summed E-state index contributed by atoms with van der Waals surface area (Å²) in [7, 11) is -3.38. The summed E-state index contributed by atoms with van der Waals surface area (Å²) in [6.45, 7) is 5.76. The van der Waals surface area contributed by atoms with Crippen LogP contribution >= 0.6 is 0 Å². The predicted molar refractivity (Wildman–Crippen MR) is 107 cm³/mol. The van der Waals surface area contributed by atoms with Crippen molar-refractivity contribution < 1.29 is 18.1 Å². The molecule has 2 aromatic rings. The molecular formula is C18H25N5O5S. The maximum atomic E-state index is 12.0. The quantitative estimate of drug-likeness (QED) is 0.440. The first-order valence-electron chi connectivity index (χ1n) is 9.08. The van der Waals surface area contributed by atoms with Gasteiger partial charge in [-0.1, -0.05) is 24.3 Å². The summed E-state index contributed by atoms with van der Waals surface area (Å²) in [4.78, 5) is 26.0. The van der Waals surface area contributed by atoms with Crippen LogP contribution in [0.2, 0.25) is 0 Å². The van der Waals surface area contributed by atoms with Crippen LogP contribution in [-0.4, -0.2) is 34.8 Å². The lowest BCUT2D eigenvalue weighted by Crippen LogP contribution is -2.31. The van der Waals surface area contributed by atoms with Crippen molar-refractivity contribution in [1.82, 2.24) is 19.6 Å². The van der Waals surface area contributed by atoms with E-state index in [1.807, 2.05) is 0 Å². The largest absolute Gasteiger partial charge is 0.381 e. The molecule has 29 heavy (non-hydrogen) atoms. The van der Waals surface area contributed by atoms with Gasteiger partial charge >= 0.3 is 5.82 Å². The molecule has 0 aliphatic heterocycles. The summed E-state index contributed by atoms with van der Waals surface area (Å²) in [6.07, 6.45) is 1.47. The van der Waals surface area contributed by atoms with Crippen molar-refractivity contribution in [2.24, 2.45) is 0 Å². The van der Waals surface area contributed by atoms with Gasteiger partial charge in [-0.05, 0) is 34.9 Å². The Labute approximate surface area is 169 Å². The number of hydrogen-bond acceptors (Lipinski definition) is 6. The summed E-state index contributed by atoms with van der Waals surface area (Å²) in [5, 5.41) is 13.5. The molecule has 2 rings (SSSR count). The molecule has 1 heterocycles. The molecule has 2 N–H and O–H groups in total.